The summed E-state index contributed by atoms with van der Waals surface area (Å²) in [4.78, 5) is 11.5. The first kappa shape index (κ1) is 14.6. The first-order valence-corrected chi connectivity index (χ1v) is 6.44. The fourth-order valence-corrected chi connectivity index (χ4v) is 1.83. The summed E-state index contributed by atoms with van der Waals surface area (Å²) in [5, 5.41) is 0. The van der Waals surface area contributed by atoms with E-state index in [1.807, 2.05) is 18.2 Å². The second-order valence-corrected chi connectivity index (χ2v) is 4.86. The van der Waals surface area contributed by atoms with Crippen LogP contribution in [0.2, 0.25) is 0 Å². The Labute approximate surface area is 109 Å². The van der Waals surface area contributed by atoms with Crippen molar-refractivity contribution in [1.29, 1.82) is 0 Å². The minimum absolute atomic E-state index is 0.299. The van der Waals surface area contributed by atoms with E-state index in [4.69, 9.17) is 9.47 Å². The van der Waals surface area contributed by atoms with Crippen LogP contribution in [0.15, 0.2) is 18.2 Å². The van der Waals surface area contributed by atoms with Crippen molar-refractivity contribution in [2.45, 2.75) is 46.5 Å². The Morgan fingerprint density at radius 2 is 1.61 bits per heavy atom. The number of ether oxygens (including phenoxy) is 2. The number of para-hydroxylation sites is 1. The highest BCUT2D eigenvalue weighted by molar-refractivity contribution is 5.66. The van der Waals surface area contributed by atoms with Gasteiger partial charge in [0.05, 0.1) is 6.61 Å². The quantitative estimate of drug-likeness (QED) is 0.584. The molecule has 0 atom stereocenters. The lowest BCUT2D eigenvalue weighted by atomic mass is 9.94. The summed E-state index contributed by atoms with van der Waals surface area (Å²) in [5.74, 6) is 1.25. The summed E-state index contributed by atoms with van der Waals surface area (Å²) in [6, 6.07) is 5.99. The molecule has 0 N–H and O–H groups in total. The summed E-state index contributed by atoms with van der Waals surface area (Å²) in [5.41, 5.74) is 2.07. The molecule has 0 heterocycles. The van der Waals surface area contributed by atoms with Gasteiger partial charge in [0.15, 0.2) is 0 Å². The van der Waals surface area contributed by atoms with Crippen LogP contribution in [0.1, 0.15) is 57.6 Å². The zero-order chi connectivity index (χ0) is 13.7. The zero-order valence-electron chi connectivity index (χ0n) is 11.8. The van der Waals surface area contributed by atoms with Gasteiger partial charge >= 0.3 is 6.16 Å². The standard InChI is InChI=1S/C15H22O3/c1-6-17-15(16)18-14-12(10(2)3)8-7-9-13(14)11(4)5/h7-11H,6H2,1-5H3. The smallest absolute Gasteiger partial charge is 0.434 e. The van der Waals surface area contributed by atoms with Gasteiger partial charge in [-0.25, -0.2) is 4.79 Å². The molecule has 0 spiro atoms. The summed E-state index contributed by atoms with van der Waals surface area (Å²) < 4.78 is 10.2. The van der Waals surface area contributed by atoms with Gasteiger partial charge in [-0.1, -0.05) is 45.9 Å². The SMILES string of the molecule is CCOC(=O)Oc1c(C(C)C)cccc1C(C)C. The third kappa shape index (κ3) is 3.49. The average Bonchev–Trinajstić information content (AvgIpc) is 2.28. The first-order valence-electron chi connectivity index (χ1n) is 6.44. The van der Waals surface area contributed by atoms with Crippen molar-refractivity contribution < 1.29 is 14.3 Å². The maximum atomic E-state index is 11.5. The van der Waals surface area contributed by atoms with Gasteiger partial charge in [-0.15, -0.1) is 0 Å². The summed E-state index contributed by atoms with van der Waals surface area (Å²) >= 11 is 0. The molecular weight excluding hydrogens is 228 g/mol. The van der Waals surface area contributed by atoms with Crippen molar-refractivity contribution in [3.63, 3.8) is 0 Å². The van der Waals surface area contributed by atoms with Crippen molar-refractivity contribution in [3.05, 3.63) is 29.3 Å². The van der Waals surface area contributed by atoms with Crippen LogP contribution in [-0.2, 0) is 4.74 Å². The van der Waals surface area contributed by atoms with Crippen LogP contribution < -0.4 is 4.74 Å². The van der Waals surface area contributed by atoms with Crippen molar-refractivity contribution in [1.82, 2.24) is 0 Å². The van der Waals surface area contributed by atoms with Crippen LogP contribution in [0.5, 0.6) is 5.75 Å². The van der Waals surface area contributed by atoms with Gasteiger partial charge in [0.1, 0.15) is 5.75 Å². The number of hydrogen-bond acceptors (Lipinski definition) is 3. The molecule has 0 saturated carbocycles. The molecule has 0 fully saturated rings. The van der Waals surface area contributed by atoms with Gasteiger partial charge in [-0.05, 0) is 29.9 Å². The lowest BCUT2D eigenvalue weighted by Gasteiger charge is -2.18. The molecule has 18 heavy (non-hydrogen) atoms. The second-order valence-electron chi connectivity index (χ2n) is 4.86. The molecule has 3 nitrogen and oxygen atoms in total. The highest BCUT2D eigenvalue weighted by Crippen LogP contribution is 2.34. The molecule has 0 unspecified atom stereocenters. The van der Waals surface area contributed by atoms with E-state index in [1.165, 1.54) is 0 Å². The molecule has 0 aliphatic heterocycles. The number of benzene rings is 1. The van der Waals surface area contributed by atoms with Crippen LogP contribution in [0.3, 0.4) is 0 Å². The van der Waals surface area contributed by atoms with Crippen LogP contribution >= 0.6 is 0 Å². The fraction of sp³-hybridized carbons (Fsp3) is 0.533. The molecule has 1 rings (SSSR count). The van der Waals surface area contributed by atoms with Gasteiger partial charge in [0.2, 0.25) is 0 Å². The number of rotatable bonds is 4. The Balaban J connectivity index is 3.14. The van der Waals surface area contributed by atoms with E-state index in [2.05, 4.69) is 27.7 Å². The third-order valence-corrected chi connectivity index (χ3v) is 2.77. The van der Waals surface area contributed by atoms with Crippen molar-refractivity contribution in [2.24, 2.45) is 0 Å². The molecule has 0 aliphatic rings. The Morgan fingerprint density at radius 1 is 1.11 bits per heavy atom. The molecule has 0 aromatic heterocycles. The molecule has 0 amide bonds. The molecule has 0 aliphatic carbocycles. The van der Waals surface area contributed by atoms with E-state index in [1.54, 1.807) is 6.92 Å². The third-order valence-electron chi connectivity index (χ3n) is 2.77. The normalized spacial score (nSPS) is 10.8. The topological polar surface area (TPSA) is 35.5 Å². The van der Waals surface area contributed by atoms with Crippen LogP contribution in [0, 0.1) is 0 Å². The lowest BCUT2D eigenvalue weighted by molar-refractivity contribution is 0.103. The maximum absolute atomic E-state index is 11.5. The van der Waals surface area contributed by atoms with E-state index in [9.17, 15) is 4.79 Å². The summed E-state index contributed by atoms with van der Waals surface area (Å²) in [6.07, 6.45) is -0.632. The first-order chi connectivity index (χ1) is 8.47. The average molecular weight is 250 g/mol. The van der Waals surface area contributed by atoms with Gasteiger partial charge in [0, 0.05) is 0 Å². The zero-order valence-corrected chi connectivity index (χ0v) is 11.8. The predicted octanol–water partition coefficient (Wildman–Crippen LogP) is 4.47. The molecule has 1 aromatic carbocycles. The van der Waals surface area contributed by atoms with E-state index in [0.717, 1.165) is 11.1 Å². The Kier molecular flexibility index (Phi) is 5.20. The lowest BCUT2D eigenvalue weighted by Crippen LogP contribution is -2.13. The highest BCUT2D eigenvalue weighted by atomic mass is 16.7. The van der Waals surface area contributed by atoms with Crippen LogP contribution in [-0.4, -0.2) is 12.8 Å². The van der Waals surface area contributed by atoms with Crippen LogP contribution in [0.25, 0.3) is 0 Å². The Hall–Kier alpha value is -1.51. The number of carbonyl (C=O) groups excluding carboxylic acids is 1. The largest absolute Gasteiger partial charge is 0.513 e. The summed E-state index contributed by atoms with van der Waals surface area (Å²) in [7, 11) is 0. The van der Waals surface area contributed by atoms with Crippen LogP contribution in [0.4, 0.5) is 4.79 Å². The van der Waals surface area contributed by atoms with E-state index >= 15 is 0 Å². The van der Waals surface area contributed by atoms with E-state index in [-0.39, 0.29) is 0 Å². The number of carbonyl (C=O) groups is 1. The van der Waals surface area contributed by atoms with Crippen molar-refractivity contribution >= 4 is 6.16 Å². The van der Waals surface area contributed by atoms with E-state index < -0.39 is 6.16 Å². The van der Waals surface area contributed by atoms with Gasteiger partial charge in [-0.2, -0.15) is 0 Å². The minimum Gasteiger partial charge on any atom is -0.434 e. The van der Waals surface area contributed by atoms with Gasteiger partial charge in [0.25, 0.3) is 0 Å². The summed E-state index contributed by atoms with van der Waals surface area (Å²) in [6.45, 7) is 10.4. The molecule has 1 aromatic rings. The number of hydrogen-bond donors (Lipinski definition) is 0. The highest BCUT2D eigenvalue weighted by Gasteiger charge is 2.18. The van der Waals surface area contributed by atoms with E-state index in [0.29, 0.717) is 24.2 Å². The molecule has 0 radical (unpaired) electrons. The minimum atomic E-state index is -0.632. The Bertz CT molecular complexity index is 382. The molecular formula is C15H22O3. The van der Waals surface area contributed by atoms with Crippen molar-refractivity contribution in [3.8, 4) is 5.75 Å². The monoisotopic (exact) mass is 250 g/mol. The predicted molar refractivity (Wildman–Crippen MR) is 72.3 cm³/mol. The molecule has 3 heteroatoms. The molecule has 100 valence electrons. The van der Waals surface area contributed by atoms with Crippen molar-refractivity contribution in [2.75, 3.05) is 6.61 Å². The van der Waals surface area contributed by atoms with Gasteiger partial charge < -0.3 is 9.47 Å². The Morgan fingerprint density at radius 3 is 2.00 bits per heavy atom. The second kappa shape index (κ2) is 6.43. The molecule has 0 saturated heterocycles. The van der Waals surface area contributed by atoms with Gasteiger partial charge in [-0.3, -0.25) is 0 Å². The molecule has 0 bridgehead atoms. The fourth-order valence-electron chi connectivity index (χ4n) is 1.83. The maximum Gasteiger partial charge on any atom is 0.513 e.